The third-order valence-corrected chi connectivity index (χ3v) is 3.95. The highest BCUT2D eigenvalue weighted by Crippen LogP contribution is 2.30. The minimum absolute atomic E-state index is 0.0703. The van der Waals surface area contributed by atoms with Crippen molar-refractivity contribution in [1.82, 2.24) is 4.98 Å². The third kappa shape index (κ3) is 4.35. The Morgan fingerprint density at radius 3 is 2.67 bits per heavy atom. The quantitative estimate of drug-likeness (QED) is 0.853. The van der Waals surface area contributed by atoms with Crippen LogP contribution >= 0.6 is 0 Å². The minimum atomic E-state index is -4.64. The highest BCUT2D eigenvalue weighted by Gasteiger charge is 2.34. The lowest BCUT2D eigenvalue weighted by Gasteiger charge is -2.28. The molecule has 2 N–H and O–H groups in total. The first kappa shape index (κ1) is 18.0. The highest BCUT2D eigenvalue weighted by atomic mass is 19.4. The van der Waals surface area contributed by atoms with Crippen molar-refractivity contribution in [2.75, 3.05) is 25.1 Å². The second kappa shape index (κ2) is 7.49. The van der Waals surface area contributed by atoms with E-state index in [1.54, 1.807) is 6.07 Å². The number of pyridine rings is 1. The van der Waals surface area contributed by atoms with Gasteiger partial charge in [0.05, 0.1) is 11.5 Å². The van der Waals surface area contributed by atoms with Gasteiger partial charge in [0.25, 0.3) is 0 Å². The molecule has 24 heavy (non-hydrogen) atoms. The Morgan fingerprint density at radius 1 is 1.46 bits per heavy atom. The number of nitriles is 1. The second-order valence-corrected chi connectivity index (χ2v) is 5.48. The van der Waals surface area contributed by atoms with E-state index in [0.717, 1.165) is 12.1 Å². The maximum absolute atomic E-state index is 12.7. The van der Waals surface area contributed by atoms with Crippen LogP contribution in [0, 0.1) is 23.2 Å². The molecular formula is C15H16F3N3O3. The number of rotatable bonds is 5. The molecule has 0 spiro atoms. The van der Waals surface area contributed by atoms with Crippen LogP contribution in [0.5, 0.6) is 0 Å². The van der Waals surface area contributed by atoms with Crippen molar-refractivity contribution in [2.24, 2.45) is 11.8 Å². The molecule has 2 heterocycles. The van der Waals surface area contributed by atoms with Crippen LogP contribution < -0.4 is 5.32 Å². The lowest BCUT2D eigenvalue weighted by molar-refractivity contribution is -0.144. The van der Waals surface area contributed by atoms with Crippen molar-refractivity contribution in [3.05, 3.63) is 23.4 Å². The number of carboxylic acids is 1. The number of nitrogens with zero attached hydrogens (tertiary/aromatic N) is 2. The number of aliphatic carboxylic acids is 1. The van der Waals surface area contributed by atoms with Gasteiger partial charge >= 0.3 is 12.1 Å². The van der Waals surface area contributed by atoms with E-state index >= 15 is 0 Å². The molecule has 0 amide bonds. The van der Waals surface area contributed by atoms with Crippen molar-refractivity contribution in [3.63, 3.8) is 0 Å². The van der Waals surface area contributed by atoms with Gasteiger partial charge in [-0.15, -0.1) is 0 Å². The molecule has 130 valence electrons. The molecule has 0 saturated carbocycles. The zero-order valence-corrected chi connectivity index (χ0v) is 12.6. The normalized spacial score (nSPS) is 17.1. The Labute approximate surface area is 136 Å². The molecule has 1 fully saturated rings. The molecule has 0 radical (unpaired) electrons. The van der Waals surface area contributed by atoms with Gasteiger partial charge in [-0.1, -0.05) is 0 Å². The highest BCUT2D eigenvalue weighted by molar-refractivity contribution is 5.71. The molecular weight excluding hydrogens is 327 g/mol. The average Bonchev–Trinajstić information content (AvgIpc) is 2.54. The standard InChI is InChI=1S/C15H16F3N3O3/c16-15(17,18)12-2-1-10(7-19)13(21-12)20-8-11(14(22)23)9-3-5-24-6-4-9/h1-2,9,11H,3-6,8H2,(H,20,21)(H,22,23). The van der Waals surface area contributed by atoms with Gasteiger partial charge < -0.3 is 15.2 Å². The molecule has 2 rings (SSSR count). The summed E-state index contributed by atoms with van der Waals surface area (Å²) in [7, 11) is 0. The molecule has 1 aromatic heterocycles. The van der Waals surface area contributed by atoms with Gasteiger partial charge in [-0.25, -0.2) is 4.98 Å². The predicted octanol–water partition coefficient (Wildman–Crippen LogP) is 2.51. The average molecular weight is 343 g/mol. The Kier molecular flexibility index (Phi) is 5.62. The smallest absolute Gasteiger partial charge is 0.433 e. The molecule has 6 nitrogen and oxygen atoms in total. The van der Waals surface area contributed by atoms with Gasteiger partial charge in [-0.3, -0.25) is 4.79 Å². The van der Waals surface area contributed by atoms with Gasteiger partial charge in [-0.05, 0) is 30.9 Å². The molecule has 1 aliphatic heterocycles. The summed E-state index contributed by atoms with van der Waals surface area (Å²) in [6, 6.07) is 3.48. The largest absolute Gasteiger partial charge is 0.481 e. The van der Waals surface area contributed by atoms with Crippen molar-refractivity contribution in [2.45, 2.75) is 19.0 Å². The van der Waals surface area contributed by atoms with Gasteiger partial charge in [-0.2, -0.15) is 18.4 Å². The Hall–Kier alpha value is -2.34. The van der Waals surface area contributed by atoms with Crippen LogP contribution in [0.3, 0.4) is 0 Å². The first-order valence-corrected chi connectivity index (χ1v) is 7.35. The zero-order chi connectivity index (χ0) is 17.7. The number of ether oxygens (including phenoxy) is 1. The molecule has 0 aliphatic carbocycles. The SMILES string of the molecule is N#Cc1ccc(C(F)(F)F)nc1NCC(C(=O)O)C1CCOCC1. The number of carbonyl (C=O) groups is 1. The summed E-state index contributed by atoms with van der Waals surface area (Å²) in [6.45, 7) is 0.808. The lowest BCUT2D eigenvalue weighted by atomic mass is 9.86. The molecule has 1 unspecified atom stereocenters. The van der Waals surface area contributed by atoms with Gasteiger partial charge in [0.1, 0.15) is 17.6 Å². The fourth-order valence-corrected chi connectivity index (χ4v) is 2.62. The number of carboxylic acid groups (broad SMARTS) is 1. The topological polar surface area (TPSA) is 95.2 Å². The maximum Gasteiger partial charge on any atom is 0.433 e. The number of anilines is 1. The number of hydrogen-bond acceptors (Lipinski definition) is 5. The van der Waals surface area contributed by atoms with Gasteiger partial charge in [0.15, 0.2) is 0 Å². The van der Waals surface area contributed by atoms with Crippen LogP contribution in [0.1, 0.15) is 24.1 Å². The molecule has 0 aromatic carbocycles. The van der Waals surface area contributed by atoms with Crippen molar-refractivity contribution in [1.29, 1.82) is 5.26 Å². The Balaban J connectivity index is 2.16. The van der Waals surface area contributed by atoms with Gasteiger partial charge in [0.2, 0.25) is 0 Å². The molecule has 1 aliphatic rings. The first-order valence-electron chi connectivity index (χ1n) is 7.35. The van der Waals surface area contributed by atoms with E-state index in [1.165, 1.54) is 0 Å². The number of hydrogen-bond donors (Lipinski definition) is 2. The first-order chi connectivity index (χ1) is 11.3. The van der Waals surface area contributed by atoms with Crippen LogP contribution in [0.25, 0.3) is 0 Å². The molecule has 1 saturated heterocycles. The summed E-state index contributed by atoms with van der Waals surface area (Å²) < 4.78 is 43.4. The summed E-state index contributed by atoms with van der Waals surface area (Å²) in [5.41, 5.74) is -1.21. The van der Waals surface area contributed by atoms with Gasteiger partial charge in [0, 0.05) is 19.8 Å². The van der Waals surface area contributed by atoms with E-state index in [4.69, 9.17) is 10.00 Å². The molecule has 9 heteroatoms. The maximum atomic E-state index is 12.7. The van der Waals surface area contributed by atoms with Crippen LogP contribution in [-0.4, -0.2) is 35.8 Å². The van der Waals surface area contributed by atoms with Crippen LogP contribution in [0.15, 0.2) is 12.1 Å². The summed E-state index contributed by atoms with van der Waals surface area (Å²) in [4.78, 5) is 14.9. The zero-order valence-electron chi connectivity index (χ0n) is 12.6. The molecule has 1 aromatic rings. The predicted molar refractivity (Wildman–Crippen MR) is 77.1 cm³/mol. The van der Waals surface area contributed by atoms with Crippen molar-refractivity contribution in [3.8, 4) is 6.07 Å². The monoisotopic (exact) mass is 343 g/mol. The van der Waals surface area contributed by atoms with E-state index in [0.29, 0.717) is 26.1 Å². The summed E-state index contributed by atoms with van der Waals surface area (Å²) in [5, 5.41) is 21.0. The number of aromatic nitrogens is 1. The van der Waals surface area contributed by atoms with Crippen LogP contribution in [0.4, 0.5) is 19.0 Å². The Morgan fingerprint density at radius 2 is 2.12 bits per heavy atom. The van der Waals surface area contributed by atoms with Crippen LogP contribution in [0.2, 0.25) is 0 Å². The number of halogens is 3. The summed E-state index contributed by atoms with van der Waals surface area (Å²) in [5.74, 6) is -2.23. The van der Waals surface area contributed by atoms with E-state index in [-0.39, 0.29) is 23.8 Å². The minimum Gasteiger partial charge on any atom is -0.481 e. The van der Waals surface area contributed by atoms with E-state index in [2.05, 4.69) is 10.3 Å². The molecule has 0 bridgehead atoms. The Bertz CT molecular complexity index is 637. The second-order valence-electron chi connectivity index (χ2n) is 5.48. The lowest BCUT2D eigenvalue weighted by Crippen LogP contribution is -2.34. The van der Waals surface area contributed by atoms with E-state index < -0.39 is 23.8 Å². The van der Waals surface area contributed by atoms with E-state index in [1.807, 2.05) is 0 Å². The number of nitrogens with one attached hydrogen (secondary N) is 1. The fraction of sp³-hybridized carbons (Fsp3) is 0.533. The molecule has 1 atom stereocenters. The van der Waals surface area contributed by atoms with Crippen molar-refractivity contribution >= 4 is 11.8 Å². The number of alkyl halides is 3. The summed E-state index contributed by atoms with van der Waals surface area (Å²) in [6.07, 6.45) is -3.50. The van der Waals surface area contributed by atoms with Crippen LogP contribution in [-0.2, 0) is 15.7 Å². The third-order valence-electron chi connectivity index (χ3n) is 3.95. The fourth-order valence-electron chi connectivity index (χ4n) is 2.62. The van der Waals surface area contributed by atoms with E-state index in [9.17, 15) is 23.1 Å². The summed E-state index contributed by atoms with van der Waals surface area (Å²) >= 11 is 0. The van der Waals surface area contributed by atoms with Crippen molar-refractivity contribution < 1.29 is 27.8 Å².